The molecule has 0 aromatic heterocycles. The number of nitrogens with one attached hydrogen (secondary N) is 1. The van der Waals surface area contributed by atoms with Crippen LogP contribution in [0, 0.1) is 58.7 Å². The predicted octanol–water partition coefficient (Wildman–Crippen LogP) is 12.3. The highest BCUT2D eigenvalue weighted by molar-refractivity contribution is 7.52. The number of esters is 3. The third-order valence-electron chi connectivity index (χ3n) is 21.7. The third kappa shape index (κ3) is 55.2. The van der Waals surface area contributed by atoms with Gasteiger partial charge in [-0.2, -0.15) is 0 Å². The number of carbonyl (C=O) groups excluding carboxylic acids is 4. The van der Waals surface area contributed by atoms with E-state index in [1.54, 1.807) is 0 Å². The van der Waals surface area contributed by atoms with Crippen molar-refractivity contribution in [3.8, 4) is 0 Å². The summed E-state index contributed by atoms with van der Waals surface area (Å²) < 4.78 is 216. The Hall–Kier alpha value is -1.86. The van der Waals surface area contributed by atoms with Gasteiger partial charge in [0.15, 0.2) is 18.9 Å². The van der Waals surface area contributed by atoms with E-state index in [2.05, 4.69) is 46.9 Å². The summed E-state index contributed by atoms with van der Waals surface area (Å²) in [5.74, 6) is -1.23. The molecule has 127 heavy (non-hydrogen) atoms. The average molecular weight is 1960 g/mol. The summed E-state index contributed by atoms with van der Waals surface area (Å²) in [5, 5.41) is 2.92. The molecule has 0 aromatic carbocycles. The monoisotopic (exact) mass is 1960 g/mol. The van der Waals surface area contributed by atoms with E-state index < -0.39 is 108 Å². The van der Waals surface area contributed by atoms with Crippen molar-refractivity contribution in [1.29, 1.82) is 0 Å². The molecule has 0 saturated carbocycles. The summed E-state index contributed by atoms with van der Waals surface area (Å²) in [4.78, 5) is 109. The molecule has 0 aliphatic carbocycles. The maximum absolute atomic E-state index is 13.8. The second-order valence-electron chi connectivity index (χ2n) is 32.7. The minimum absolute atomic E-state index is 0.00639. The fraction of sp³-hybridized carbons (Fsp3) is 0.949. The highest BCUT2D eigenvalue weighted by Gasteiger charge is 2.45. The summed E-state index contributed by atoms with van der Waals surface area (Å²) in [7, 11) is -26.8. The van der Waals surface area contributed by atoms with Gasteiger partial charge in [-0.05, 0) is 113 Å². The van der Waals surface area contributed by atoms with E-state index in [0.717, 1.165) is 19.5 Å². The number of amides is 1. The van der Waals surface area contributed by atoms with Crippen LogP contribution >= 0.6 is 46.7 Å². The molecular formula is C79H153NO41P6. The van der Waals surface area contributed by atoms with Gasteiger partial charge in [-0.1, -0.05) is 93.9 Å². The van der Waals surface area contributed by atoms with Crippen LogP contribution in [0.4, 0.5) is 0 Å². The number of carbonyl (C=O) groups is 4. The molecular weight excluding hydrogens is 1800 g/mol. The first-order valence-electron chi connectivity index (χ1n) is 44.3. The van der Waals surface area contributed by atoms with Gasteiger partial charge < -0.3 is 106 Å². The summed E-state index contributed by atoms with van der Waals surface area (Å²) in [5.41, 5.74) is -1.52. The van der Waals surface area contributed by atoms with Crippen LogP contribution in [0.3, 0.4) is 0 Å². The number of ether oxygens (including phenoxy) is 14. The Morgan fingerprint density at radius 2 is 0.614 bits per heavy atom. The molecule has 3 saturated heterocycles. The zero-order valence-electron chi connectivity index (χ0n) is 77.0. The van der Waals surface area contributed by atoms with Gasteiger partial charge in [0.25, 0.3) is 0 Å². The SMILES string of the molecule is CCOP(=O)(O)OCC(COCCCOP(C)(=O)O)COCCCOP(=O)(O)OCC(COCCCOP(=O)(O)OCCCCCCO[C@@H]1OC(COC(C)=O)[C@H](C)[C@H](C)C1C)(COCCCOP(=O)(O)OCCCCCCO[C@@H]1OC(COC(C)=O)[C@H](C)[C@H](C)C1C)COCCCOP(=O)(O)OCCCCCCO[C@@H]1OC(COC(C)=O)[C@H](C)[C@H](C)C1NC(C)=O. The lowest BCUT2D eigenvalue weighted by Gasteiger charge is -2.44. The first-order valence-corrected chi connectivity index (χ1v) is 53.8. The van der Waals surface area contributed by atoms with Crippen LogP contribution in [-0.4, -0.2) is 281 Å². The van der Waals surface area contributed by atoms with Crippen molar-refractivity contribution in [2.45, 2.75) is 242 Å². The molecule has 3 aliphatic rings. The average Bonchev–Trinajstić information content (AvgIpc) is 0.809. The standard InChI is InChI=1S/C79H153NO41P6/c1-15-108-123(87,88)117-51-71(49-97-33-28-44-109-122(14,85)86)50-98-34-29-45-116-127(95,96)118-58-79(55-99-35-30-46-113-124(89,90)110-41-25-19-16-22-38-102-76-65(8)59(2)61(4)72(119-76)52-105-68(11)82,56-100-36-31-47-114-125(91,92)111-42-26-20-17-23-39-103-77-66(9)60(3)62(5)73(120-77)53-106-69(12)83)57-101-37-32-48-115-126(93,94)112-43-27-21-18-24-40-104-78-75(80-67(10)81)64(7)63(6)74(121-78)54-107-70(13)84/h59-66,71-78H,15-58H2,1-14H3,(H,80,81)(H,85,86)(H,87,88)(H,89,90)(H,91,92)(H,93,94)(H,95,96)/t59-,60-,61+,62+,63+,64-,65?,66?,71?,72?,73?,74?,75?,76+,77+,78+,79?/m0/s1. The maximum atomic E-state index is 13.8. The Morgan fingerprint density at radius 3 is 0.945 bits per heavy atom. The van der Waals surface area contributed by atoms with E-state index in [-0.39, 0.29) is 261 Å². The number of unbranched alkanes of at least 4 members (excludes halogenated alkanes) is 9. The first-order chi connectivity index (χ1) is 59.9. The molecule has 13 unspecified atom stereocenters. The molecule has 0 radical (unpaired) electrons. The van der Waals surface area contributed by atoms with E-state index in [0.29, 0.717) is 77.4 Å². The van der Waals surface area contributed by atoms with E-state index in [4.69, 9.17) is 116 Å². The van der Waals surface area contributed by atoms with Crippen LogP contribution in [0.15, 0.2) is 0 Å². The fourth-order valence-electron chi connectivity index (χ4n) is 13.5. The van der Waals surface area contributed by atoms with Crippen LogP contribution < -0.4 is 5.32 Å². The normalized spacial score (nSPS) is 26.4. The van der Waals surface area contributed by atoms with Crippen molar-refractivity contribution >= 4 is 70.5 Å². The van der Waals surface area contributed by atoms with Crippen LogP contribution in [-0.2, 0) is 163 Å². The predicted molar refractivity (Wildman–Crippen MR) is 459 cm³/mol. The summed E-state index contributed by atoms with van der Waals surface area (Å²) in [6.07, 6.45) is 4.65. The molecule has 1 amide bonds. The second kappa shape index (κ2) is 65.0. The highest BCUT2D eigenvalue weighted by atomic mass is 31.2. The van der Waals surface area contributed by atoms with Crippen molar-refractivity contribution in [1.82, 2.24) is 5.32 Å². The van der Waals surface area contributed by atoms with E-state index in [1.165, 1.54) is 34.6 Å². The van der Waals surface area contributed by atoms with Gasteiger partial charge in [-0.15, -0.1) is 0 Å². The zero-order chi connectivity index (χ0) is 94.5. The number of hydrogen-bond donors (Lipinski definition) is 7. The van der Waals surface area contributed by atoms with Gasteiger partial charge in [0.1, 0.15) is 19.8 Å². The maximum Gasteiger partial charge on any atom is 0.472 e. The van der Waals surface area contributed by atoms with Crippen molar-refractivity contribution in [3.63, 3.8) is 0 Å². The van der Waals surface area contributed by atoms with Gasteiger partial charge in [0.05, 0.1) is 135 Å². The molecule has 42 nitrogen and oxygen atoms in total. The summed E-state index contributed by atoms with van der Waals surface area (Å²) in [6.45, 7) is 21.2. The summed E-state index contributed by atoms with van der Waals surface area (Å²) in [6, 6.07) is -0.450. The highest BCUT2D eigenvalue weighted by Crippen LogP contribution is 2.49. The van der Waals surface area contributed by atoms with Gasteiger partial charge in [0.2, 0.25) is 5.91 Å². The molecule has 0 aromatic rings. The van der Waals surface area contributed by atoms with Crippen LogP contribution in [0.5, 0.6) is 0 Å². The zero-order valence-corrected chi connectivity index (χ0v) is 82.4. The molecule has 750 valence electrons. The Morgan fingerprint density at radius 1 is 0.323 bits per heavy atom. The minimum atomic E-state index is -4.98. The molecule has 7 N–H and O–H groups in total. The van der Waals surface area contributed by atoms with Crippen LogP contribution in [0.25, 0.3) is 0 Å². The third-order valence-corrected chi connectivity index (χ3v) is 27.5. The molecule has 3 aliphatic heterocycles. The van der Waals surface area contributed by atoms with Crippen molar-refractivity contribution in [2.75, 3.05) is 185 Å². The molecule has 3 rings (SSSR count). The lowest BCUT2D eigenvalue weighted by Crippen LogP contribution is -2.58. The van der Waals surface area contributed by atoms with E-state index >= 15 is 0 Å². The Balaban J connectivity index is 1.69. The summed E-state index contributed by atoms with van der Waals surface area (Å²) >= 11 is 0. The lowest BCUT2D eigenvalue weighted by molar-refractivity contribution is -0.255. The smallest absolute Gasteiger partial charge is 0.463 e. The van der Waals surface area contributed by atoms with Crippen molar-refractivity contribution < 1.29 is 192 Å². The minimum Gasteiger partial charge on any atom is -0.463 e. The Bertz CT molecular complexity index is 3200. The van der Waals surface area contributed by atoms with Gasteiger partial charge in [-0.3, -0.25) is 69.0 Å². The molecule has 0 bridgehead atoms. The second-order valence-corrected chi connectivity index (χ2v) is 41.9. The molecule has 0 spiro atoms. The van der Waals surface area contributed by atoms with Crippen molar-refractivity contribution in [2.24, 2.45) is 58.7 Å². The topological polar surface area (TPSA) is 535 Å². The Kier molecular flexibility index (Phi) is 61.1. The molecule has 3 fully saturated rings. The van der Waals surface area contributed by atoms with E-state index in [9.17, 15) is 75.9 Å². The first kappa shape index (κ1) is 119. The van der Waals surface area contributed by atoms with Crippen LogP contribution in [0.2, 0.25) is 0 Å². The number of hydrogen-bond acceptors (Lipinski definition) is 35. The molecule has 22 atom stereocenters. The Labute approximate surface area is 750 Å². The lowest BCUT2D eigenvalue weighted by atomic mass is 9.79. The van der Waals surface area contributed by atoms with Gasteiger partial charge in [-0.25, -0.2) is 22.8 Å². The van der Waals surface area contributed by atoms with E-state index in [1.807, 2.05) is 13.8 Å². The largest absolute Gasteiger partial charge is 0.472 e. The van der Waals surface area contributed by atoms with Gasteiger partial charge >= 0.3 is 64.6 Å². The fourth-order valence-corrected chi connectivity index (χ4v) is 18.0. The number of rotatable bonds is 77. The number of phosphoric ester groups is 5. The molecule has 48 heteroatoms. The number of phosphoric acid groups is 5. The van der Waals surface area contributed by atoms with Gasteiger partial charge in [0, 0.05) is 105 Å². The molecule has 3 heterocycles. The van der Waals surface area contributed by atoms with Crippen molar-refractivity contribution in [3.05, 3.63) is 0 Å². The quantitative estimate of drug-likeness (QED) is 0.0129. The van der Waals surface area contributed by atoms with Crippen LogP contribution in [0.1, 0.15) is 199 Å².